The number of furan rings is 1. The van der Waals surface area contributed by atoms with Crippen LogP contribution in [0.25, 0.3) is 11.3 Å². The van der Waals surface area contributed by atoms with Gasteiger partial charge in [-0.3, -0.25) is 4.79 Å². The molecular weight excluding hydrogens is 288 g/mol. The highest BCUT2D eigenvalue weighted by Gasteiger charge is 2.29. The number of carbonyl (C=O) groups excluding carboxylic acids is 1. The van der Waals surface area contributed by atoms with E-state index in [0.717, 1.165) is 40.4 Å². The topological polar surface area (TPSA) is 64.4 Å². The number of aryl methyl sites for hydroxylation is 3. The van der Waals surface area contributed by atoms with Crippen molar-refractivity contribution in [3.63, 3.8) is 0 Å². The Labute approximate surface area is 127 Å². The number of carbonyl (C=O) groups is 1. The molecule has 3 rings (SSSR count). The maximum absolute atomic E-state index is 12.2. The first-order chi connectivity index (χ1) is 10.1. The van der Waals surface area contributed by atoms with Crippen molar-refractivity contribution in [3.05, 3.63) is 27.0 Å². The van der Waals surface area contributed by atoms with E-state index in [0.29, 0.717) is 18.9 Å². The molecule has 1 aliphatic carbocycles. The molecule has 0 bridgehead atoms. The second kappa shape index (κ2) is 5.61. The number of ether oxygens (including phenoxy) is 1. The summed E-state index contributed by atoms with van der Waals surface area (Å²) >= 11 is 1.73. The van der Waals surface area contributed by atoms with Crippen molar-refractivity contribution in [2.45, 2.75) is 26.7 Å². The van der Waals surface area contributed by atoms with Crippen LogP contribution in [0.1, 0.15) is 31.8 Å². The van der Waals surface area contributed by atoms with Gasteiger partial charge in [0.1, 0.15) is 5.76 Å². The number of aromatic nitrogens is 1. The lowest BCUT2D eigenvalue weighted by Gasteiger charge is -2.09. The maximum Gasteiger partial charge on any atom is 0.287 e. The summed E-state index contributed by atoms with van der Waals surface area (Å²) < 4.78 is 10.7. The summed E-state index contributed by atoms with van der Waals surface area (Å²) in [6.07, 6.45) is 1.77. The Bertz CT molecular complexity index is 687. The lowest BCUT2D eigenvalue weighted by Crippen LogP contribution is -2.27. The fourth-order valence-electron chi connectivity index (χ4n) is 2.68. The van der Waals surface area contributed by atoms with Gasteiger partial charge in [-0.05, 0) is 20.3 Å². The maximum atomic E-state index is 12.2. The number of hydrogen-bond donors (Lipinski definition) is 1. The van der Waals surface area contributed by atoms with Gasteiger partial charge >= 0.3 is 0 Å². The molecule has 2 aromatic rings. The van der Waals surface area contributed by atoms with Crippen LogP contribution in [0.4, 0.5) is 0 Å². The number of thiazole rings is 1. The highest BCUT2D eigenvalue weighted by atomic mass is 32.1. The van der Waals surface area contributed by atoms with Gasteiger partial charge in [0.2, 0.25) is 0 Å². The van der Waals surface area contributed by atoms with E-state index in [2.05, 4.69) is 10.3 Å². The first-order valence-corrected chi connectivity index (χ1v) is 7.79. The fraction of sp³-hybridized carbons (Fsp3) is 0.467. The van der Waals surface area contributed by atoms with Crippen molar-refractivity contribution >= 4 is 17.2 Å². The van der Waals surface area contributed by atoms with Gasteiger partial charge in [0, 0.05) is 36.1 Å². The standard InChI is InChI=1S/C15H18N2O3S/c1-8-12-10(4-5-11-13(12)17-9(2)21-11)20-14(8)15(18)16-6-7-19-3/h4-7H2,1-3H3,(H,16,18). The lowest BCUT2D eigenvalue weighted by molar-refractivity contribution is 0.0907. The van der Waals surface area contributed by atoms with E-state index >= 15 is 0 Å². The lowest BCUT2D eigenvalue weighted by atomic mass is 9.97. The van der Waals surface area contributed by atoms with Crippen LogP contribution in [0.3, 0.4) is 0 Å². The summed E-state index contributed by atoms with van der Waals surface area (Å²) in [5, 5.41) is 3.86. The van der Waals surface area contributed by atoms with E-state index in [-0.39, 0.29) is 5.91 Å². The molecule has 0 unspecified atom stereocenters. The molecule has 0 spiro atoms. The highest BCUT2D eigenvalue weighted by molar-refractivity contribution is 7.12. The molecule has 1 aliphatic rings. The normalized spacial score (nSPS) is 12.9. The van der Waals surface area contributed by atoms with Gasteiger partial charge in [0.25, 0.3) is 5.91 Å². The molecule has 0 radical (unpaired) electrons. The Morgan fingerprint density at radius 1 is 1.43 bits per heavy atom. The Kier molecular flexibility index (Phi) is 3.82. The summed E-state index contributed by atoms with van der Waals surface area (Å²) in [7, 11) is 1.61. The molecule has 0 saturated carbocycles. The van der Waals surface area contributed by atoms with E-state index in [1.165, 1.54) is 4.88 Å². The average Bonchev–Trinajstić information content (AvgIpc) is 2.98. The highest BCUT2D eigenvalue weighted by Crippen LogP contribution is 2.40. The van der Waals surface area contributed by atoms with E-state index in [1.54, 1.807) is 18.4 Å². The van der Waals surface area contributed by atoms with Crippen LogP contribution in [0.2, 0.25) is 0 Å². The second-order valence-electron chi connectivity index (χ2n) is 5.11. The minimum atomic E-state index is -0.188. The van der Waals surface area contributed by atoms with Gasteiger partial charge in [-0.15, -0.1) is 11.3 Å². The minimum absolute atomic E-state index is 0.188. The third-order valence-electron chi connectivity index (χ3n) is 3.64. The molecule has 21 heavy (non-hydrogen) atoms. The first-order valence-electron chi connectivity index (χ1n) is 6.98. The summed E-state index contributed by atoms with van der Waals surface area (Å²) in [6, 6.07) is 0. The summed E-state index contributed by atoms with van der Waals surface area (Å²) in [4.78, 5) is 18.1. The van der Waals surface area contributed by atoms with Crippen molar-refractivity contribution in [3.8, 4) is 11.3 Å². The van der Waals surface area contributed by atoms with E-state index in [4.69, 9.17) is 9.15 Å². The Morgan fingerprint density at radius 2 is 2.24 bits per heavy atom. The van der Waals surface area contributed by atoms with Crippen LogP contribution in [0.5, 0.6) is 0 Å². The number of nitrogens with zero attached hydrogens (tertiary/aromatic N) is 1. The molecule has 2 aromatic heterocycles. The molecule has 1 N–H and O–H groups in total. The van der Waals surface area contributed by atoms with Crippen LogP contribution < -0.4 is 5.32 Å². The molecule has 0 fully saturated rings. The van der Waals surface area contributed by atoms with Gasteiger partial charge in [0.15, 0.2) is 5.76 Å². The minimum Gasteiger partial charge on any atom is -0.455 e. The zero-order chi connectivity index (χ0) is 15.0. The number of amides is 1. The van der Waals surface area contributed by atoms with E-state index in [1.807, 2.05) is 13.8 Å². The molecule has 2 heterocycles. The van der Waals surface area contributed by atoms with Crippen LogP contribution in [-0.4, -0.2) is 31.2 Å². The van der Waals surface area contributed by atoms with Gasteiger partial charge in [0.05, 0.1) is 17.3 Å². The third-order valence-corrected chi connectivity index (χ3v) is 4.67. The smallest absolute Gasteiger partial charge is 0.287 e. The number of methoxy groups -OCH3 is 1. The van der Waals surface area contributed by atoms with Crippen molar-refractivity contribution in [1.82, 2.24) is 10.3 Å². The van der Waals surface area contributed by atoms with Gasteiger partial charge in [-0.25, -0.2) is 4.98 Å². The van der Waals surface area contributed by atoms with Crippen LogP contribution in [0.15, 0.2) is 4.42 Å². The van der Waals surface area contributed by atoms with E-state index < -0.39 is 0 Å². The summed E-state index contributed by atoms with van der Waals surface area (Å²) in [5.74, 6) is 1.09. The van der Waals surface area contributed by atoms with Crippen LogP contribution >= 0.6 is 11.3 Å². The zero-order valence-corrected chi connectivity index (χ0v) is 13.2. The summed E-state index contributed by atoms with van der Waals surface area (Å²) in [6.45, 7) is 4.90. The molecule has 5 nitrogen and oxygen atoms in total. The van der Waals surface area contributed by atoms with Crippen LogP contribution in [0, 0.1) is 13.8 Å². The van der Waals surface area contributed by atoms with E-state index in [9.17, 15) is 4.79 Å². The summed E-state index contributed by atoms with van der Waals surface area (Å²) in [5.41, 5.74) is 2.89. The van der Waals surface area contributed by atoms with Crippen molar-refractivity contribution < 1.29 is 13.9 Å². The molecule has 1 amide bonds. The van der Waals surface area contributed by atoms with Gasteiger partial charge < -0.3 is 14.5 Å². The molecule has 6 heteroatoms. The van der Waals surface area contributed by atoms with Crippen molar-refractivity contribution in [1.29, 1.82) is 0 Å². The van der Waals surface area contributed by atoms with Crippen molar-refractivity contribution in [2.24, 2.45) is 0 Å². The number of fused-ring (bicyclic) bond motifs is 3. The van der Waals surface area contributed by atoms with Crippen LogP contribution in [-0.2, 0) is 17.6 Å². The van der Waals surface area contributed by atoms with Crippen molar-refractivity contribution in [2.75, 3.05) is 20.3 Å². The third kappa shape index (κ3) is 2.49. The SMILES string of the molecule is COCCNC(=O)c1oc2c(c1C)-c1nc(C)sc1CC2. The quantitative estimate of drug-likeness (QED) is 0.882. The van der Waals surface area contributed by atoms with Gasteiger partial charge in [-0.2, -0.15) is 0 Å². The molecule has 112 valence electrons. The molecule has 0 atom stereocenters. The molecule has 0 saturated heterocycles. The van der Waals surface area contributed by atoms with Gasteiger partial charge in [-0.1, -0.05) is 0 Å². The largest absolute Gasteiger partial charge is 0.455 e. The number of nitrogens with one attached hydrogen (secondary N) is 1. The average molecular weight is 306 g/mol. The second-order valence-corrected chi connectivity index (χ2v) is 6.40. The molecular formula is C15H18N2O3S. The Morgan fingerprint density at radius 3 is 3.00 bits per heavy atom. The number of hydrogen-bond acceptors (Lipinski definition) is 5. The first kappa shape index (κ1) is 14.3. The number of rotatable bonds is 4. The molecule has 0 aromatic carbocycles. The predicted octanol–water partition coefficient (Wildman–Crippen LogP) is 2.49. The fourth-order valence-corrected chi connectivity index (χ4v) is 3.63. The molecule has 0 aliphatic heterocycles. The zero-order valence-electron chi connectivity index (χ0n) is 12.4. The Balaban J connectivity index is 1.94. The predicted molar refractivity (Wildman–Crippen MR) is 80.9 cm³/mol. The Hall–Kier alpha value is -1.66. The monoisotopic (exact) mass is 306 g/mol.